The van der Waals surface area contributed by atoms with Gasteiger partial charge in [0.05, 0.1) is 5.69 Å². The topological polar surface area (TPSA) is 29.5 Å². The molecule has 0 unspecified atom stereocenters. The van der Waals surface area contributed by atoms with E-state index in [1.165, 1.54) is 33.0 Å². The quantitative estimate of drug-likeness (QED) is 0.173. The second-order valence-corrected chi connectivity index (χ2v) is 14.1. The minimum absolute atomic E-state index is 0.817. The Morgan fingerprint density at radius 3 is 1.65 bits per heavy atom. The summed E-state index contributed by atoms with van der Waals surface area (Å²) in [6, 6.07) is 70.8. The molecule has 2 aromatic heterocycles. The molecule has 0 saturated heterocycles. The lowest BCUT2D eigenvalue weighted by atomic mass is 9.95. The maximum atomic E-state index is 7.04. The SMILES string of the molecule is c1ccc(-c2ccc(-c3c4oc5cc(N(c6ccc(-c7ccccc7)cc6)c6cccc7ccccc67)ccc5c4cc4oc5ccccc5c34)cc2)cc1. The van der Waals surface area contributed by atoms with Gasteiger partial charge in [-0.1, -0.05) is 152 Å². The first kappa shape index (κ1) is 31.2. The standard InChI is InChI=1S/C52H33NO2/c1-3-12-34(13-4-1)36-22-24-39(25-23-36)50-51-44-19-9-10-21-47(44)54-49(51)33-45-43-31-30-41(32-48(43)55-52(45)50)53(46-20-11-17-38-16-7-8-18-42(38)46)40-28-26-37(27-29-40)35-14-5-2-6-15-35/h1-33H. The molecule has 0 aliphatic rings. The van der Waals surface area contributed by atoms with Gasteiger partial charge in [-0.3, -0.25) is 0 Å². The summed E-state index contributed by atoms with van der Waals surface area (Å²) in [5.41, 5.74) is 13.4. The predicted molar refractivity (Wildman–Crippen MR) is 229 cm³/mol. The van der Waals surface area contributed by atoms with E-state index in [-0.39, 0.29) is 0 Å². The van der Waals surface area contributed by atoms with Crippen LogP contribution in [0.2, 0.25) is 0 Å². The van der Waals surface area contributed by atoms with E-state index < -0.39 is 0 Å². The van der Waals surface area contributed by atoms with Gasteiger partial charge in [0.2, 0.25) is 0 Å². The van der Waals surface area contributed by atoms with Gasteiger partial charge in [0.25, 0.3) is 0 Å². The molecule has 0 saturated carbocycles. The lowest BCUT2D eigenvalue weighted by molar-refractivity contribution is 0.664. The maximum Gasteiger partial charge on any atom is 0.144 e. The summed E-state index contributed by atoms with van der Waals surface area (Å²) in [6.45, 7) is 0. The lowest BCUT2D eigenvalue weighted by Gasteiger charge is -2.27. The Bertz CT molecular complexity index is 3170. The van der Waals surface area contributed by atoms with Gasteiger partial charge in [-0.15, -0.1) is 0 Å². The molecule has 3 nitrogen and oxygen atoms in total. The van der Waals surface area contributed by atoms with Gasteiger partial charge in [0.15, 0.2) is 0 Å². The summed E-state index contributed by atoms with van der Waals surface area (Å²) in [5, 5.41) is 6.57. The molecule has 0 amide bonds. The van der Waals surface area contributed by atoms with Crippen molar-refractivity contribution in [3.8, 4) is 33.4 Å². The smallest absolute Gasteiger partial charge is 0.144 e. The Balaban J connectivity index is 1.12. The highest BCUT2D eigenvalue weighted by molar-refractivity contribution is 6.23. The van der Waals surface area contributed by atoms with Gasteiger partial charge in [0, 0.05) is 49.9 Å². The fraction of sp³-hybridized carbons (Fsp3) is 0. The van der Waals surface area contributed by atoms with Crippen LogP contribution in [0.4, 0.5) is 17.1 Å². The molecule has 55 heavy (non-hydrogen) atoms. The normalized spacial score (nSPS) is 11.6. The van der Waals surface area contributed by atoms with E-state index in [1.54, 1.807) is 0 Å². The van der Waals surface area contributed by atoms with Crippen molar-refractivity contribution in [3.05, 3.63) is 200 Å². The Hall–Kier alpha value is -7.36. The van der Waals surface area contributed by atoms with Gasteiger partial charge < -0.3 is 13.7 Å². The van der Waals surface area contributed by atoms with Gasteiger partial charge in [0.1, 0.15) is 22.3 Å². The number of hydrogen-bond acceptors (Lipinski definition) is 3. The fourth-order valence-corrected chi connectivity index (χ4v) is 8.24. The third kappa shape index (κ3) is 5.20. The Morgan fingerprint density at radius 2 is 0.909 bits per heavy atom. The van der Waals surface area contributed by atoms with Crippen molar-refractivity contribution in [3.63, 3.8) is 0 Å². The Labute approximate surface area is 317 Å². The maximum absolute atomic E-state index is 7.04. The summed E-state index contributed by atoms with van der Waals surface area (Å²) in [6.07, 6.45) is 0. The molecular formula is C52H33NO2. The van der Waals surface area contributed by atoms with E-state index in [1.807, 2.05) is 12.1 Å². The molecule has 11 aromatic rings. The fourth-order valence-electron chi connectivity index (χ4n) is 8.24. The lowest BCUT2D eigenvalue weighted by Crippen LogP contribution is -2.10. The number of rotatable bonds is 6. The van der Waals surface area contributed by atoms with Crippen molar-refractivity contribution < 1.29 is 8.83 Å². The third-order valence-electron chi connectivity index (χ3n) is 10.9. The van der Waals surface area contributed by atoms with Crippen LogP contribution < -0.4 is 4.90 Å². The van der Waals surface area contributed by atoms with Crippen LogP contribution in [0, 0.1) is 0 Å². The Kier molecular flexibility index (Phi) is 7.17. The van der Waals surface area contributed by atoms with Crippen LogP contribution in [0.1, 0.15) is 0 Å². The Morgan fingerprint density at radius 1 is 0.327 bits per heavy atom. The molecule has 0 N–H and O–H groups in total. The highest BCUT2D eigenvalue weighted by Crippen LogP contribution is 2.47. The van der Waals surface area contributed by atoms with Crippen LogP contribution in [-0.4, -0.2) is 0 Å². The van der Waals surface area contributed by atoms with Crippen LogP contribution in [-0.2, 0) is 0 Å². The summed E-state index contributed by atoms with van der Waals surface area (Å²) in [4.78, 5) is 2.34. The van der Waals surface area contributed by atoms with E-state index >= 15 is 0 Å². The number of anilines is 3. The summed E-state index contributed by atoms with van der Waals surface area (Å²) >= 11 is 0. The number of nitrogens with zero attached hydrogens (tertiary/aromatic N) is 1. The van der Waals surface area contributed by atoms with Gasteiger partial charge >= 0.3 is 0 Å². The monoisotopic (exact) mass is 703 g/mol. The second-order valence-electron chi connectivity index (χ2n) is 14.1. The molecule has 0 atom stereocenters. The van der Waals surface area contributed by atoms with Crippen molar-refractivity contribution in [2.45, 2.75) is 0 Å². The first-order chi connectivity index (χ1) is 27.3. The van der Waals surface area contributed by atoms with Crippen LogP contribution in [0.15, 0.2) is 209 Å². The van der Waals surface area contributed by atoms with Crippen molar-refractivity contribution in [1.29, 1.82) is 0 Å². The molecule has 9 aromatic carbocycles. The van der Waals surface area contributed by atoms with E-state index in [9.17, 15) is 0 Å². The summed E-state index contributed by atoms with van der Waals surface area (Å²) in [7, 11) is 0. The van der Waals surface area contributed by atoms with E-state index in [4.69, 9.17) is 8.83 Å². The molecular weight excluding hydrogens is 671 g/mol. The third-order valence-corrected chi connectivity index (χ3v) is 10.9. The first-order valence-corrected chi connectivity index (χ1v) is 18.7. The number of hydrogen-bond donors (Lipinski definition) is 0. The molecule has 0 radical (unpaired) electrons. The second kappa shape index (κ2) is 12.6. The molecule has 2 heterocycles. The van der Waals surface area contributed by atoms with Gasteiger partial charge in [-0.25, -0.2) is 0 Å². The van der Waals surface area contributed by atoms with E-state index in [2.05, 4.69) is 193 Å². The number of benzene rings is 9. The van der Waals surface area contributed by atoms with Crippen LogP contribution in [0.25, 0.3) is 88.0 Å². The first-order valence-electron chi connectivity index (χ1n) is 18.7. The van der Waals surface area contributed by atoms with Crippen LogP contribution in [0.5, 0.6) is 0 Å². The highest BCUT2D eigenvalue weighted by atomic mass is 16.3. The predicted octanol–water partition coefficient (Wildman–Crippen LogP) is 15.1. The average molecular weight is 704 g/mol. The van der Waals surface area contributed by atoms with Crippen molar-refractivity contribution in [2.24, 2.45) is 0 Å². The zero-order valence-electron chi connectivity index (χ0n) is 29.8. The van der Waals surface area contributed by atoms with Gasteiger partial charge in [-0.2, -0.15) is 0 Å². The molecule has 3 heteroatoms. The van der Waals surface area contributed by atoms with Crippen molar-refractivity contribution >= 4 is 71.7 Å². The molecule has 11 rings (SSSR count). The molecule has 0 spiro atoms. The van der Waals surface area contributed by atoms with Crippen LogP contribution in [0.3, 0.4) is 0 Å². The molecule has 258 valence electrons. The molecule has 0 bridgehead atoms. The zero-order valence-corrected chi connectivity index (χ0v) is 29.8. The summed E-state index contributed by atoms with van der Waals surface area (Å²) in [5.74, 6) is 0. The molecule has 0 aliphatic heterocycles. The number of fused-ring (bicyclic) bond motifs is 7. The zero-order chi connectivity index (χ0) is 36.3. The number of para-hydroxylation sites is 1. The van der Waals surface area contributed by atoms with Crippen molar-refractivity contribution in [2.75, 3.05) is 4.90 Å². The molecule has 0 fully saturated rings. The largest absolute Gasteiger partial charge is 0.456 e. The minimum Gasteiger partial charge on any atom is -0.456 e. The average Bonchev–Trinajstić information content (AvgIpc) is 3.81. The molecule has 0 aliphatic carbocycles. The minimum atomic E-state index is 0.817. The van der Waals surface area contributed by atoms with Crippen LogP contribution >= 0.6 is 0 Å². The van der Waals surface area contributed by atoms with E-state index in [0.717, 1.165) is 72.1 Å². The van der Waals surface area contributed by atoms with Gasteiger partial charge in [-0.05, 0) is 75.7 Å². The number of furan rings is 2. The summed E-state index contributed by atoms with van der Waals surface area (Å²) < 4.78 is 13.6. The van der Waals surface area contributed by atoms with Crippen molar-refractivity contribution in [1.82, 2.24) is 0 Å². The van der Waals surface area contributed by atoms with E-state index in [0.29, 0.717) is 0 Å². The highest BCUT2D eigenvalue weighted by Gasteiger charge is 2.23.